The van der Waals surface area contributed by atoms with Crippen LogP contribution in [-0.2, 0) is 0 Å². The van der Waals surface area contributed by atoms with Gasteiger partial charge >= 0.3 is 0 Å². The lowest BCUT2D eigenvalue weighted by Gasteiger charge is -2.25. The second kappa shape index (κ2) is 6.87. The van der Waals surface area contributed by atoms with E-state index in [0.29, 0.717) is 23.2 Å². The SMILES string of the molecule is CN(C)c1cc(N[C@@H]2CCCNC2)nc(-c2cnc3ccc(F)cn23)n1. The summed E-state index contributed by atoms with van der Waals surface area (Å²) < 4.78 is 15.4. The van der Waals surface area contributed by atoms with E-state index in [9.17, 15) is 4.39 Å². The van der Waals surface area contributed by atoms with Gasteiger partial charge in [-0.2, -0.15) is 0 Å². The van der Waals surface area contributed by atoms with Crippen LogP contribution in [0.15, 0.2) is 30.6 Å². The van der Waals surface area contributed by atoms with Gasteiger partial charge in [-0.1, -0.05) is 0 Å². The zero-order chi connectivity index (χ0) is 18.1. The van der Waals surface area contributed by atoms with E-state index in [4.69, 9.17) is 0 Å². The monoisotopic (exact) mass is 355 g/mol. The van der Waals surface area contributed by atoms with Crippen molar-refractivity contribution in [2.24, 2.45) is 0 Å². The van der Waals surface area contributed by atoms with Crippen molar-refractivity contribution in [3.63, 3.8) is 0 Å². The number of piperidine rings is 1. The van der Waals surface area contributed by atoms with Gasteiger partial charge in [-0.05, 0) is 31.5 Å². The molecule has 1 aliphatic rings. The molecule has 1 atom stereocenters. The molecule has 0 radical (unpaired) electrons. The maximum absolute atomic E-state index is 13.7. The first kappa shape index (κ1) is 16.7. The summed E-state index contributed by atoms with van der Waals surface area (Å²) >= 11 is 0. The van der Waals surface area contributed by atoms with Crippen molar-refractivity contribution in [1.82, 2.24) is 24.7 Å². The zero-order valence-electron chi connectivity index (χ0n) is 14.9. The second-order valence-electron chi connectivity index (χ2n) is 6.74. The van der Waals surface area contributed by atoms with E-state index < -0.39 is 0 Å². The van der Waals surface area contributed by atoms with Gasteiger partial charge in [0.05, 0.1) is 6.20 Å². The molecular weight excluding hydrogens is 333 g/mol. The first-order chi connectivity index (χ1) is 12.6. The Hall–Kier alpha value is -2.74. The second-order valence-corrected chi connectivity index (χ2v) is 6.74. The summed E-state index contributed by atoms with van der Waals surface area (Å²) in [7, 11) is 3.87. The first-order valence-electron chi connectivity index (χ1n) is 8.77. The largest absolute Gasteiger partial charge is 0.366 e. The molecule has 1 saturated heterocycles. The Morgan fingerprint density at radius 1 is 1.31 bits per heavy atom. The minimum absolute atomic E-state index is 0.327. The number of nitrogens with one attached hydrogen (secondary N) is 2. The molecule has 4 rings (SSSR count). The highest BCUT2D eigenvalue weighted by Crippen LogP contribution is 2.24. The van der Waals surface area contributed by atoms with Crippen LogP contribution in [0.1, 0.15) is 12.8 Å². The summed E-state index contributed by atoms with van der Waals surface area (Å²) in [5, 5.41) is 6.89. The summed E-state index contributed by atoms with van der Waals surface area (Å²) in [6.07, 6.45) is 5.32. The number of aromatic nitrogens is 4. The fourth-order valence-corrected chi connectivity index (χ4v) is 3.16. The number of anilines is 2. The highest BCUT2D eigenvalue weighted by molar-refractivity contribution is 5.62. The van der Waals surface area contributed by atoms with E-state index in [1.165, 1.54) is 12.3 Å². The Morgan fingerprint density at radius 3 is 2.96 bits per heavy atom. The summed E-state index contributed by atoms with van der Waals surface area (Å²) in [5.74, 6) is 1.74. The van der Waals surface area contributed by atoms with Crippen LogP contribution in [0.2, 0.25) is 0 Å². The number of halogens is 1. The fourth-order valence-electron chi connectivity index (χ4n) is 3.16. The molecule has 0 spiro atoms. The van der Waals surface area contributed by atoms with Crippen molar-refractivity contribution in [1.29, 1.82) is 0 Å². The third-order valence-corrected chi connectivity index (χ3v) is 4.52. The predicted molar refractivity (Wildman–Crippen MR) is 100 cm³/mol. The Balaban J connectivity index is 1.75. The number of pyridine rings is 1. The fraction of sp³-hybridized carbons (Fsp3) is 0.389. The van der Waals surface area contributed by atoms with Crippen molar-refractivity contribution in [2.45, 2.75) is 18.9 Å². The molecule has 0 aliphatic carbocycles. The van der Waals surface area contributed by atoms with E-state index in [1.54, 1.807) is 16.7 Å². The van der Waals surface area contributed by atoms with Crippen molar-refractivity contribution in [2.75, 3.05) is 37.4 Å². The van der Waals surface area contributed by atoms with Gasteiger partial charge in [0.1, 0.15) is 28.8 Å². The van der Waals surface area contributed by atoms with Gasteiger partial charge in [0, 0.05) is 38.9 Å². The Labute approximate surface area is 151 Å². The first-order valence-corrected chi connectivity index (χ1v) is 8.77. The van der Waals surface area contributed by atoms with Crippen LogP contribution in [-0.4, -0.2) is 52.6 Å². The van der Waals surface area contributed by atoms with E-state index in [0.717, 1.165) is 37.6 Å². The maximum Gasteiger partial charge on any atom is 0.182 e. The molecule has 1 fully saturated rings. The average molecular weight is 355 g/mol. The normalized spacial score (nSPS) is 17.4. The van der Waals surface area contributed by atoms with Crippen LogP contribution < -0.4 is 15.5 Å². The Morgan fingerprint density at radius 2 is 2.19 bits per heavy atom. The number of imidazole rings is 1. The lowest BCUT2D eigenvalue weighted by Crippen LogP contribution is -2.38. The van der Waals surface area contributed by atoms with E-state index in [-0.39, 0.29) is 5.82 Å². The molecule has 8 heteroatoms. The van der Waals surface area contributed by atoms with E-state index in [2.05, 4.69) is 25.6 Å². The predicted octanol–water partition coefficient (Wildman–Crippen LogP) is 2.16. The van der Waals surface area contributed by atoms with Crippen LogP contribution in [0.4, 0.5) is 16.0 Å². The highest BCUT2D eigenvalue weighted by Gasteiger charge is 2.17. The lowest BCUT2D eigenvalue weighted by atomic mass is 10.1. The standard InChI is InChI=1S/C18H22FN7/c1-25(2)17-8-15(22-13-4-3-7-20-9-13)23-18(24-17)14-10-21-16-6-5-12(19)11-26(14)16/h5-6,8,10-11,13,20H,3-4,7,9H2,1-2H3,(H,22,23,24)/t13-/m1/s1. The van der Waals surface area contributed by atoms with Gasteiger partial charge in [-0.15, -0.1) is 0 Å². The summed E-state index contributed by atoms with van der Waals surface area (Å²) in [6, 6.07) is 5.30. The maximum atomic E-state index is 13.7. The molecule has 0 amide bonds. The van der Waals surface area contributed by atoms with Crippen molar-refractivity contribution >= 4 is 17.3 Å². The van der Waals surface area contributed by atoms with Crippen LogP contribution in [0.3, 0.4) is 0 Å². The van der Waals surface area contributed by atoms with Gasteiger partial charge in [0.25, 0.3) is 0 Å². The van der Waals surface area contributed by atoms with Crippen LogP contribution >= 0.6 is 0 Å². The average Bonchev–Trinajstić information content (AvgIpc) is 3.05. The molecule has 26 heavy (non-hydrogen) atoms. The number of nitrogens with zero attached hydrogens (tertiary/aromatic N) is 5. The summed E-state index contributed by atoms with van der Waals surface area (Å²) in [6.45, 7) is 1.97. The van der Waals surface area contributed by atoms with Gasteiger partial charge in [-0.3, -0.25) is 4.40 Å². The topological polar surface area (TPSA) is 70.4 Å². The molecule has 136 valence electrons. The van der Waals surface area contributed by atoms with Crippen molar-refractivity contribution in [3.05, 3.63) is 36.4 Å². The van der Waals surface area contributed by atoms with Crippen molar-refractivity contribution < 1.29 is 4.39 Å². The number of rotatable bonds is 4. The smallest absolute Gasteiger partial charge is 0.182 e. The number of hydrogen-bond donors (Lipinski definition) is 2. The lowest BCUT2D eigenvalue weighted by molar-refractivity contribution is 0.479. The molecule has 3 aromatic heterocycles. The zero-order valence-corrected chi connectivity index (χ0v) is 14.9. The van der Waals surface area contributed by atoms with Gasteiger partial charge in [0.2, 0.25) is 0 Å². The molecule has 0 saturated carbocycles. The third-order valence-electron chi connectivity index (χ3n) is 4.52. The Bertz CT molecular complexity index is 915. The van der Waals surface area contributed by atoms with Crippen molar-refractivity contribution in [3.8, 4) is 11.5 Å². The molecule has 3 aromatic rings. The van der Waals surface area contributed by atoms with Crippen LogP contribution in [0.25, 0.3) is 17.2 Å². The molecule has 0 bridgehead atoms. The molecule has 0 aromatic carbocycles. The van der Waals surface area contributed by atoms with Gasteiger partial charge in [-0.25, -0.2) is 19.3 Å². The third kappa shape index (κ3) is 3.32. The van der Waals surface area contributed by atoms with E-state index in [1.807, 2.05) is 25.1 Å². The molecular formula is C18H22FN7. The minimum Gasteiger partial charge on any atom is -0.366 e. The van der Waals surface area contributed by atoms with Gasteiger partial charge < -0.3 is 15.5 Å². The van der Waals surface area contributed by atoms with Crippen LogP contribution in [0.5, 0.6) is 0 Å². The summed E-state index contributed by atoms with van der Waals surface area (Å²) in [4.78, 5) is 15.6. The number of fused-ring (bicyclic) bond motifs is 1. The van der Waals surface area contributed by atoms with Crippen LogP contribution in [0, 0.1) is 5.82 Å². The Kier molecular flexibility index (Phi) is 4.42. The highest BCUT2D eigenvalue weighted by atomic mass is 19.1. The molecule has 2 N–H and O–H groups in total. The van der Waals surface area contributed by atoms with Gasteiger partial charge in [0.15, 0.2) is 5.82 Å². The molecule has 7 nitrogen and oxygen atoms in total. The number of hydrogen-bond acceptors (Lipinski definition) is 6. The van der Waals surface area contributed by atoms with E-state index >= 15 is 0 Å². The molecule has 1 aliphatic heterocycles. The molecule has 0 unspecified atom stereocenters. The minimum atomic E-state index is -0.327. The summed E-state index contributed by atoms with van der Waals surface area (Å²) in [5.41, 5.74) is 1.32. The molecule has 4 heterocycles. The quantitative estimate of drug-likeness (QED) is 0.747.